The average Bonchev–Trinajstić information content (AvgIpc) is 3.21. The fraction of sp³-hybridized carbons (Fsp3) is 0.579. The van der Waals surface area contributed by atoms with Gasteiger partial charge >= 0.3 is 0 Å². The van der Waals surface area contributed by atoms with Gasteiger partial charge in [-0.15, -0.1) is 0 Å². The Labute approximate surface area is 147 Å². The quantitative estimate of drug-likeness (QED) is 0.764. The molecule has 0 saturated carbocycles. The van der Waals surface area contributed by atoms with Crippen molar-refractivity contribution in [3.05, 3.63) is 35.4 Å². The van der Waals surface area contributed by atoms with Crippen molar-refractivity contribution in [3.8, 4) is 11.5 Å². The lowest BCUT2D eigenvalue weighted by Crippen LogP contribution is -2.52. The van der Waals surface area contributed by atoms with Gasteiger partial charge < -0.3 is 23.7 Å². The fourth-order valence-corrected chi connectivity index (χ4v) is 4.98. The van der Waals surface area contributed by atoms with Crippen molar-refractivity contribution < 1.29 is 23.7 Å². The highest BCUT2D eigenvalue weighted by Gasteiger charge is 2.59. The first-order chi connectivity index (χ1) is 12.2. The number of rotatable bonds is 2. The molecule has 1 spiro atoms. The molecule has 5 rings (SSSR count). The van der Waals surface area contributed by atoms with Gasteiger partial charge in [0.15, 0.2) is 17.8 Å². The van der Waals surface area contributed by atoms with E-state index >= 15 is 0 Å². The third-order valence-electron chi connectivity index (χ3n) is 6.18. The molecule has 0 N–H and O–H groups in total. The Morgan fingerprint density at radius 3 is 2.72 bits per heavy atom. The Balaban J connectivity index is 1.72. The second-order valence-corrected chi connectivity index (χ2v) is 7.24. The fourth-order valence-electron chi connectivity index (χ4n) is 4.98. The van der Waals surface area contributed by atoms with Gasteiger partial charge in [-0.25, -0.2) is 0 Å². The van der Waals surface area contributed by atoms with E-state index in [0.29, 0.717) is 6.04 Å². The molecule has 3 heterocycles. The number of benzene rings is 1. The molecule has 0 bridgehead atoms. The summed E-state index contributed by atoms with van der Waals surface area (Å²) in [5, 5.41) is 0. The summed E-state index contributed by atoms with van der Waals surface area (Å²) in [6.07, 6.45) is 5.18. The smallest absolute Gasteiger partial charge is 0.231 e. The molecule has 0 amide bonds. The van der Waals surface area contributed by atoms with Gasteiger partial charge in [0.1, 0.15) is 0 Å². The van der Waals surface area contributed by atoms with E-state index in [4.69, 9.17) is 23.7 Å². The molecule has 1 aliphatic carbocycles. The summed E-state index contributed by atoms with van der Waals surface area (Å²) < 4.78 is 28.9. The minimum Gasteiger partial charge on any atom is -0.454 e. The van der Waals surface area contributed by atoms with Gasteiger partial charge in [-0.05, 0) is 31.2 Å². The molecule has 3 aliphatic heterocycles. The zero-order valence-corrected chi connectivity index (χ0v) is 14.7. The van der Waals surface area contributed by atoms with Crippen LogP contribution in [0, 0.1) is 0 Å². The van der Waals surface area contributed by atoms with Crippen molar-refractivity contribution in [1.29, 1.82) is 0 Å². The third kappa shape index (κ3) is 1.99. The Kier molecular flexibility index (Phi) is 3.41. The summed E-state index contributed by atoms with van der Waals surface area (Å²) in [5.41, 5.74) is 2.04. The van der Waals surface area contributed by atoms with Crippen LogP contribution in [0.2, 0.25) is 0 Å². The molecule has 4 aliphatic rings. The van der Waals surface area contributed by atoms with Crippen LogP contribution in [0.15, 0.2) is 24.3 Å². The summed E-state index contributed by atoms with van der Waals surface area (Å²) in [5.74, 6) is 1.57. The average molecular weight is 345 g/mol. The number of hydrogen-bond donors (Lipinski definition) is 0. The molecule has 0 radical (unpaired) electrons. The van der Waals surface area contributed by atoms with Gasteiger partial charge in [0.25, 0.3) is 0 Å². The van der Waals surface area contributed by atoms with Crippen molar-refractivity contribution in [2.24, 2.45) is 0 Å². The monoisotopic (exact) mass is 345 g/mol. The molecule has 6 heteroatoms. The van der Waals surface area contributed by atoms with Crippen molar-refractivity contribution in [3.63, 3.8) is 0 Å². The molecule has 1 saturated heterocycles. The van der Waals surface area contributed by atoms with E-state index in [2.05, 4.69) is 30.2 Å². The zero-order chi connectivity index (χ0) is 17.2. The standard InChI is InChI=1S/C19H23NO5/c1-20-9-17-19(5-4-11(21-2)6-16(19)20)13-8-15-14(23-10-24-15)7-12(13)18(22-3)25-17/h4-5,7-8,11,16-18H,6,9-10H2,1-3H3/t11-,16+,17+,18-,19+/m1/s1. The number of ether oxygens (including phenoxy) is 5. The predicted octanol–water partition coefficient (Wildman–Crippen LogP) is 1.99. The lowest BCUT2D eigenvalue weighted by molar-refractivity contribution is -0.178. The number of methoxy groups -OCH3 is 2. The van der Waals surface area contributed by atoms with E-state index in [9.17, 15) is 0 Å². The zero-order valence-electron chi connectivity index (χ0n) is 14.7. The largest absolute Gasteiger partial charge is 0.454 e. The van der Waals surface area contributed by atoms with Crippen LogP contribution in [0.3, 0.4) is 0 Å². The number of hydrogen-bond acceptors (Lipinski definition) is 6. The molecule has 1 aromatic carbocycles. The first-order valence-electron chi connectivity index (χ1n) is 8.72. The Morgan fingerprint density at radius 1 is 1.16 bits per heavy atom. The van der Waals surface area contributed by atoms with Crippen LogP contribution in [0.25, 0.3) is 0 Å². The molecular formula is C19H23NO5. The molecule has 25 heavy (non-hydrogen) atoms. The summed E-state index contributed by atoms with van der Waals surface area (Å²) in [6, 6.07) is 4.45. The van der Waals surface area contributed by atoms with E-state index < -0.39 is 0 Å². The minimum atomic E-state index is -0.388. The summed E-state index contributed by atoms with van der Waals surface area (Å²) >= 11 is 0. The molecule has 1 fully saturated rings. The van der Waals surface area contributed by atoms with E-state index in [0.717, 1.165) is 30.0 Å². The molecular weight excluding hydrogens is 322 g/mol. The summed E-state index contributed by atoms with van der Waals surface area (Å²) in [4.78, 5) is 2.38. The normalized spacial score (nSPS) is 38.4. The first-order valence-corrected chi connectivity index (χ1v) is 8.72. The second-order valence-electron chi connectivity index (χ2n) is 7.24. The van der Waals surface area contributed by atoms with Crippen LogP contribution in [0.4, 0.5) is 0 Å². The third-order valence-corrected chi connectivity index (χ3v) is 6.18. The number of fused-ring (bicyclic) bond motifs is 2. The maximum Gasteiger partial charge on any atom is 0.231 e. The lowest BCUT2D eigenvalue weighted by Gasteiger charge is -2.47. The van der Waals surface area contributed by atoms with Gasteiger partial charge in [0.05, 0.1) is 17.6 Å². The van der Waals surface area contributed by atoms with Crippen LogP contribution >= 0.6 is 0 Å². The van der Waals surface area contributed by atoms with Crippen LogP contribution in [-0.2, 0) is 19.6 Å². The minimum absolute atomic E-state index is 0.0365. The summed E-state index contributed by atoms with van der Waals surface area (Å²) in [6.45, 7) is 1.12. The SMILES string of the molecule is CO[C@@H]1O[C@H]2CN(C)[C@H]3C[C@H](OC)C=C[C@@]23c2cc3c(cc21)OCO3. The topological polar surface area (TPSA) is 49.4 Å². The van der Waals surface area contributed by atoms with Gasteiger partial charge in [-0.3, -0.25) is 4.90 Å². The van der Waals surface area contributed by atoms with Crippen molar-refractivity contribution in [2.45, 2.75) is 36.4 Å². The Bertz CT molecular complexity index is 735. The Hall–Kier alpha value is -1.60. The van der Waals surface area contributed by atoms with Gasteiger partial charge in [0.2, 0.25) is 6.79 Å². The van der Waals surface area contributed by atoms with Crippen LogP contribution < -0.4 is 9.47 Å². The van der Waals surface area contributed by atoms with Gasteiger partial charge in [-0.2, -0.15) is 0 Å². The van der Waals surface area contributed by atoms with Crippen molar-refractivity contribution in [2.75, 3.05) is 34.6 Å². The van der Waals surface area contributed by atoms with Gasteiger partial charge in [-0.1, -0.05) is 12.2 Å². The van der Waals surface area contributed by atoms with Crippen LogP contribution in [0.1, 0.15) is 23.8 Å². The van der Waals surface area contributed by atoms with Gasteiger partial charge in [0, 0.05) is 32.4 Å². The van der Waals surface area contributed by atoms with Crippen LogP contribution in [0.5, 0.6) is 11.5 Å². The number of likely N-dealkylation sites (tertiary alicyclic amines) is 1. The molecule has 1 aromatic rings. The molecule has 5 atom stereocenters. The maximum absolute atomic E-state index is 6.39. The number of likely N-dealkylation sites (N-methyl/N-ethyl adjacent to an activating group) is 1. The van der Waals surface area contributed by atoms with Crippen LogP contribution in [-0.4, -0.2) is 57.8 Å². The van der Waals surface area contributed by atoms with E-state index in [1.807, 2.05) is 6.07 Å². The lowest BCUT2D eigenvalue weighted by atomic mass is 9.65. The highest BCUT2D eigenvalue weighted by Crippen LogP contribution is 2.55. The predicted molar refractivity (Wildman–Crippen MR) is 89.8 cm³/mol. The van der Waals surface area contributed by atoms with Crippen molar-refractivity contribution >= 4 is 0 Å². The molecule has 6 nitrogen and oxygen atoms in total. The Morgan fingerprint density at radius 2 is 1.96 bits per heavy atom. The molecule has 134 valence electrons. The maximum atomic E-state index is 6.39. The summed E-state index contributed by atoms with van der Waals surface area (Å²) in [7, 11) is 5.61. The second kappa shape index (κ2) is 5.45. The molecule has 0 aromatic heterocycles. The van der Waals surface area contributed by atoms with E-state index in [1.165, 1.54) is 5.56 Å². The van der Waals surface area contributed by atoms with E-state index in [-0.39, 0.29) is 30.7 Å². The number of nitrogens with zero attached hydrogens (tertiary/aromatic N) is 1. The van der Waals surface area contributed by atoms with Crippen molar-refractivity contribution in [1.82, 2.24) is 4.90 Å². The highest BCUT2D eigenvalue weighted by molar-refractivity contribution is 5.56. The highest BCUT2D eigenvalue weighted by atomic mass is 16.7. The first kappa shape index (κ1) is 15.6. The molecule has 0 unspecified atom stereocenters. The van der Waals surface area contributed by atoms with E-state index in [1.54, 1.807) is 14.2 Å².